The zero-order valence-corrected chi connectivity index (χ0v) is 19.1. The van der Waals surface area contributed by atoms with Gasteiger partial charge in [-0.1, -0.05) is 48.0 Å². The summed E-state index contributed by atoms with van der Waals surface area (Å²) in [5.74, 6) is -0.579. The number of ether oxygens (including phenoxy) is 1. The van der Waals surface area contributed by atoms with Crippen LogP contribution in [0.3, 0.4) is 0 Å². The van der Waals surface area contributed by atoms with Crippen molar-refractivity contribution < 1.29 is 19.4 Å². The normalized spacial score (nSPS) is 10.6. The fourth-order valence-electron chi connectivity index (χ4n) is 3.79. The van der Waals surface area contributed by atoms with E-state index >= 15 is 0 Å². The number of carboxylic acid groups (broad SMARTS) is 1. The lowest BCUT2D eigenvalue weighted by Gasteiger charge is -2.17. The van der Waals surface area contributed by atoms with Gasteiger partial charge in [-0.05, 0) is 66.6 Å². The first-order chi connectivity index (χ1) is 16.4. The van der Waals surface area contributed by atoms with E-state index < -0.39 is 5.97 Å². The highest BCUT2D eigenvalue weighted by Crippen LogP contribution is 2.30. The molecule has 0 saturated heterocycles. The molecular formula is C28H26N2O4. The van der Waals surface area contributed by atoms with Crippen LogP contribution in [0.1, 0.15) is 27.0 Å². The quantitative estimate of drug-likeness (QED) is 0.314. The van der Waals surface area contributed by atoms with Gasteiger partial charge in [0.25, 0.3) is 5.91 Å². The van der Waals surface area contributed by atoms with Crippen molar-refractivity contribution in [1.82, 2.24) is 0 Å². The zero-order chi connectivity index (χ0) is 24.1. The number of fused-ring (bicyclic) bond motifs is 1. The summed E-state index contributed by atoms with van der Waals surface area (Å²) in [5.41, 5.74) is 4.68. The molecular weight excluding hydrogens is 428 g/mol. The van der Waals surface area contributed by atoms with Crippen LogP contribution in [0.5, 0.6) is 5.75 Å². The SMILES string of the molecule is Cc1ccc(NC(=O)COc2ccc3ccccc3c2CNc2ccc(C(=O)O)cc2C)cc1. The number of rotatable bonds is 8. The Morgan fingerprint density at radius 1 is 0.912 bits per heavy atom. The lowest BCUT2D eigenvalue weighted by Crippen LogP contribution is -2.20. The van der Waals surface area contributed by atoms with Crippen LogP contribution in [0, 0.1) is 13.8 Å². The molecule has 0 aliphatic heterocycles. The van der Waals surface area contributed by atoms with Crippen LogP contribution in [0.2, 0.25) is 0 Å². The maximum atomic E-state index is 12.5. The fourth-order valence-corrected chi connectivity index (χ4v) is 3.79. The lowest BCUT2D eigenvalue weighted by atomic mass is 10.0. The molecule has 0 heterocycles. The number of carboxylic acids is 1. The van der Waals surface area contributed by atoms with E-state index in [-0.39, 0.29) is 18.1 Å². The van der Waals surface area contributed by atoms with Crippen LogP contribution in [-0.4, -0.2) is 23.6 Å². The van der Waals surface area contributed by atoms with Gasteiger partial charge in [0.05, 0.1) is 5.56 Å². The molecule has 4 aromatic rings. The predicted molar refractivity (Wildman–Crippen MR) is 135 cm³/mol. The van der Waals surface area contributed by atoms with E-state index in [9.17, 15) is 14.7 Å². The van der Waals surface area contributed by atoms with Crippen molar-refractivity contribution in [1.29, 1.82) is 0 Å². The van der Waals surface area contributed by atoms with E-state index in [1.807, 2.05) is 74.5 Å². The minimum atomic E-state index is -0.955. The average molecular weight is 455 g/mol. The molecule has 0 fully saturated rings. The van der Waals surface area contributed by atoms with E-state index in [4.69, 9.17) is 4.74 Å². The van der Waals surface area contributed by atoms with Gasteiger partial charge in [0, 0.05) is 23.5 Å². The molecule has 0 spiro atoms. The Balaban J connectivity index is 1.53. The van der Waals surface area contributed by atoms with Gasteiger partial charge in [-0.3, -0.25) is 4.79 Å². The largest absolute Gasteiger partial charge is 0.483 e. The molecule has 0 bridgehead atoms. The minimum absolute atomic E-state index is 0.119. The van der Waals surface area contributed by atoms with Gasteiger partial charge < -0.3 is 20.5 Å². The maximum Gasteiger partial charge on any atom is 0.335 e. The molecule has 0 unspecified atom stereocenters. The number of hydrogen-bond acceptors (Lipinski definition) is 4. The molecule has 0 saturated carbocycles. The first kappa shape index (κ1) is 22.9. The molecule has 0 aliphatic rings. The predicted octanol–water partition coefficient (Wildman–Crippen LogP) is 5.78. The van der Waals surface area contributed by atoms with Gasteiger partial charge in [-0.15, -0.1) is 0 Å². The van der Waals surface area contributed by atoms with Gasteiger partial charge in [0.1, 0.15) is 5.75 Å². The highest BCUT2D eigenvalue weighted by atomic mass is 16.5. The molecule has 0 atom stereocenters. The summed E-state index contributed by atoms with van der Waals surface area (Å²) in [6.45, 7) is 4.19. The summed E-state index contributed by atoms with van der Waals surface area (Å²) in [4.78, 5) is 23.7. The lowest BCUT2D eigenvalue weighted by molar-refractivity contribution is -0.118. The summed E-state index contributed by atoms with van der Waals surface area (Å²) in [7, 11) is 0. The fraction of sp³-hybridized carbons (Fsp3) is 0.143. The van der Waals surface area contributed by atoms with E-state index in [1.165, 1.54) is 0 Å². The molecule has 34 heavy (non-hydrogen) atoms. The van der Waals surface area contributed by atoms with E-state index in [1.54, 1.807) is 18.2 Å². The topological polar surface area (TPSA) is 87.7 Å². The molecule has 4 aromatic carbocycles. The molecule has 0 aliphatic carbocycles. The Bertz CT molecular complexity index is 1350. The average Bonchev–Trinajstić information content (AvgIpc) is 2.83. The first-order valence-electron chi connectivity index (χ1n) is 11.0. The Hall–Kier alpha value is -4.32. The number of amides is 1. The smallest absolute Gasteiger partial charge is 0.335 e. The van der Waals surface area contributed by atoms with Gasteiger partial charge in [0.15, 0.2) is 6.61 Å². The molecule has 0 aromatic heterocycles. The summed E-state index contributed by atoms with van der Waals surface area (Å²) >= 11 is 0. The Morgan fingerprint density at radius 3 is 2.41 bits per heavy atom. The van der Waals surface area contributed by atoms with Crippen LogP contribution in [-0.2, 0) is 11.3 Å². The third-order valence-corrected chi connectivity index (χ3v) is 5.62. The molecule has 3 N–H and O–H groups in total. The Labute approximate surface area is 198 Å². The second-order valence-electron chi connectivity index (χ2n) is 8.15. The highest BCUT2D eigenvalue weighted by Gasteiger charge is 2.12. The van der Waals surface area contributed by atoms with Crippen LogP contribution in [0.15, 0.2) is 78.9 Å². The van der Waals surface area contributed by atoms with Crippen molar-refractivity contribution in [3.05, 3.63) is 101 Å². The number of aryl methyl sites for hydroxylation is 2. The second-order valence-corrected chi connectivity index (χ2v) is 8.15. The van der Waals surface area contributed by atoms with E-state index in [0.717, 1.165) is 38.8 Å². The summed E-state index contributed by atoms with van der Waals surface area (Å²) in [5, 5.41) is 17.5. The zero-order valence-electron chi connectivity index (χ0n) is 19.1. The molecule has 6 nitrogen and oxygen atoms in total. The number of benzene rings is 4. The Morgan fingerprint density at radius 2 is 1.68 bits per heavy atom. The van der Waals surface area contributed by atoms with Crippen LogP contribution < -0.4 is 15.4 Å². The van der Waals surface area contributed by atoms with Gasteiger partial charge in [-0.25, -0.2) is 4.79 Å². The second kappa shape index (κ2) is 10.1. The van der Waals surface area contributed by atoms with E-state index in [0.29, 0.717) is 12.3 Å². The highest BCUT2D eigenvalue weighted by molar-refractivity contribution is 5.92. The van der Waals surface area contributed by atoms with Crippen molar-refractivity contribution in [3.8, 4) is 5.75 Å². The number of aromatic carboxylic acids is 1. The molecule has 6 heteroatoms. The van der Waals surface area contributed by atoms with Crippen LogP contribution >= 0.6 is 0 Å². The summed E-state index contributed by atoms with van der Waals surface area (Å²) in [6.07, 6.45) is 0. The summed E-state index contributed by atoms with van der Waals surface area (Å²) in [6, 6.07) is 24.4. The van der Waals surface area contributed by atoms with Crippen molar-refractivity contribution in [2.45, 2.75) is 20.4 Å². The van der Waals surface area contributed by atoms with Gasteiger partial charge >= 0.3 is 5.97 Å². The third kappa shape index (κ3) is 5.35. The molecule has 1 amide bonds. The number of anilines is 2. The molecule has 0 radical (unpaired) electrons. The molecule has 4 rings (SSSR count). The standard InChI is InChI=1S/C28H26N2O4/c1-18-7-11-22(12-8-18)30-27(31)17-34-26-14-10-20-5-3-4-6-23(20)24(26)16-29-25-13-9-21(28(32)33)15-19(25)2/h3-15,29H,16-17H2,1-2H3,(H,30,31)(H,32,33). The molecule has 172 valence electrons. The Kier molecular flexibility index (Phi) is 6.78. The third-order valence-electron chi connectivity index (χ3n) is 5.62. The first-order valence-corrected chi connectivity index (χ1v) is 11.0. The van der Waals surface area contributed by atoms with Crippen molar-refractivity contribution in [2.75, 3.05) is 17.2 Å². The van der Waals surface area contributed by atoms with Crippen LogP contribution in [0.25, 0.3) is 10.8 Å². The number of carbonyl (C=O) groups excluding carboxylic acids is 1. The number of carbonyl (C=O) groups is 2. The maximum absolute atomic E-state index is 12.5. The minimum Gasteiger partial charge on any atom is -0.483 e. The monoisotopic (exact) mass is 454 g/mol. The number of hydrogen-bond donors (Lipinski definition) is 3. The number of nitrogens with one attached hydrogen (secondary N) is 2. The van der Waals surface area contributed by atoms with Gasteiger partial charge in [0.2, 0.25) is 0 Å². The van der Waals surface area contributed by atoms with Crippen molar-refractivity contribution in [2.24, 2.45) is 0 Å². The summed E-state index contributed by atoms with van der Waals surface area (Å²) < 4.78 is 5.94. The van der Waals surface area contributed by atoms with Crippen molar-refractivity contribution >= 4 is 34.0 Å². The van der Waals surface area contributed by atoms with Crippen molar-refractivity contribution in [3.63, 3.8) is 0 Å². The van der Waals surface area contributed by atoms with Crippen LogP contribution in [0.4, 0.5) is 11.4 Å². The van der Waals surface area contributed by atoms with Gasteiger partial charge in [-0.2, -0.15) is 0 Å². The van der Waals surface area contributed by atoms with E-state index in [2.05, 4.69) is 10.6 Å².